The van der Waals surface area contributed by atoms with E-state index in [1.165, 1.54) is 5.56 Å². The summed E-state index contributed by atoms with van der Waals surface area (Å²) in [6.45, 7) is 13.1. The van der Waals surface area contributed by atoms with Gasteiger partial charge >= 0.3 is 5.97 Å². The first-order valence-electron chi connectivity index (χ1n) is 7.96. The Balaban J connectivity index is 3.52. The second-order valence-electron chi connectivity index (χ2n) is 7.61. The van der Waals surface area contributed by atoms with E-state index < -0.39 is 5.97 Å². The lowest BCUT2D eigenvalue weighted by atomic mass is 9.76. The van der Waals surface area contributed by atoms with Gasteiger partial charge in [0.1, 0.15) is 5.75 Å². The Morgan fingerprint density at radius 3 is 2.09 bits per heavy atom. The number of carbonyl (C=O) groups is 1. The molecule has 0 aliphatic rings. The number of carboxylic acid groups (broad SMARTS) is 1. The van der Waals surface area contributed by atoms with Gasteiger partial charge in [-0.3, -0.25) is 4.79 Å². The molecule has 1 N–H and O–H groups in total. The van der Waals surface area contributed by atoms with Crippen molar-refractivity contribution in [1.29, 1.82) is 0 Å². The van der Waals surface area contributed by atoms with Gasteiger partial charge in [-0.25, -0.2) is 0 Å². The molecule has 0 atom stereocenters. The minimum Gasteiger partial charge on any atom is -0.496 e. The summed E-state index contributed by atoms with van der Waals surface area (Å²) in [5.41, 5.74) is 3.33. The predicted octanol–water partition coefficient (Wildman–Crippen LogP) is 4.70. The first kappa shape index (κ1) is 18.5. The zero-order chi connectivity index (χ0) is 17.1. The van der Waals surface area contributed by atoms with Crippen LogP contribution in [0.2, 0.25) is 0 Å². The van der Waals surface area contributed by atoms with E-state index in [0.717, 1.165) is 23.3 Å². The highest BCUT2D eigenvalue weighted by molar-refractivity contribution is 5.67. The Bertz CT molecular complexity index is 536. The van der Waals surface area contributed by atoms with Crippen molar-refractivity contribution in [3.8, 4) is 5.75 Å². The van der Waals surface area contributed by atoms with Crippen LogP contribution in [0.5, 0.6) is 5.75 Å². The molecule has 3 nitrogen and oxygen atoms in total. The van der Waals surface area contributed by atoms with E-state index in [-0.39, 0.29) is 17.3 Å². The van der Waals surface area contributed by atoms with E-state index in [9.17, 15) is 4.79 Å². The van der Waals surface area contributed by atoms with Gasteiger partial charge in [0.2, 0.25) is 0 Å². The van der Waals surface area contributed by atoms with Crippen molar-refractivity contribution in [2.75, 3.05) is 7.11 Å². The van der Waals surface area contributed by atoms with Crippen LogP contribution in [-0.4, -0.2) is 18.2 Å². The number of methoxy groups -OCH3 is 1. The van der Waals surface area contributed by atoms with Crippen LogP contribution in [0.25, 0.3) is 0 Å². The Morgan fingerprint density at radius 1 is 1.14 bits per heavy atom. The van der Waals surface area contributed by atoms with E-state index >= 15 is 0 Å². The van der Waals surface area contributed by atoms with Crippen LogP contribution in [-0.2, 0) is 22.0 Å². The van der Waals surface area contributed by atoms with Crippen LogP contribution in [0.15, 0.2) is 12.1 Å². The first-order valence-corrected chi connectivity index (χ1v) is 7.96. The number of carboxylic acids is 1. The summed E-state index contributed by atoms with van der Waals surface area (Å²) in [6.07, 6.45) is 1.70. The van der Waals surface area contributed by atoms with Crippen LogP contribution in [0.1, 0.15) is 71.1 Å². The number of aryl methyl sites for hydroxylation is 1. The molecular formula is C19H30O3. The molecule has 0 fully saturated rings. The maximum atomic E-state index is 10.9. The number of rotatable bonds is 6. The van der Waals surface area contributed by atoms with Crippen molar-refractivity contribution in [1.82, 2.24) is 0 Å². The minimum atomic E-state index is -0.760. The van der Waals surface area contributed by atoms with Gasteiger partial charge in [-0.2, -0.15) is 0 Å². The van der Waals surface area contributed by atoms with E-state index in [1.54, 1.807) is 7.11 Å². The summed E-state index contributed by atoms with van der Waals surface area (Å²) in [7, 11) is 1.72. The number of hydrogen-bond acceptors (Lipinski definition) is 2. The lowest BCUT2D eigenvalue weighted by molar-refractivity contribution is -0.136. The minimum absolute atomic E-state index is 0.00935. The predicted molar refractivity (Wildman–Crippen MR) is 91.0 cm³/mol. The molecular weight excluding hydrogens is 276 g/mol. The fraction of sp³-hybridized carbons (Fsp3) is 0.632. The quantitative estimate of drug-likeness (QED) is 0.828. The van der Waals surface area contributed by atoms with Gasteiger partial charge in [0.05, 0.1) is 7.11 Å². The zero-order valence-corrected chi connectivity index (χ0v) is 15.0. The average molecular weight is 306 g/mol. The number of aliphatic carboxylic acids is 1. The molecule has 0 heterocycles. The molecule has 0 aliphatic heterocycles. The van der Waals surface area contributed by atoms with Crippen LogP contribution < -0.4 is 4.74 Å². The van der Waals surface area contributed by atoms with Crippen molar-refractivity contribution >= 4 is 5.97 Å². The topological polar surface area (TPSA) is 46.5 Å². The molecule has 124 valence electrons. The third-order valence-corrected chi connectivity index (χ3v) is 4.40. The average Bonchev–Trinajstić information content (AvgIpc) is 2.42. The Kier molecular flexibility index (Phi) is 5.66. The lowest BCUT2D eigenvalue weighted by Gasteiger charge is -2.31. The third kappa shape index (κ3) is 4.25. The summed E-state index contributed by atoms with van der Waals surface area (Å²) >= 11 is 0. The molecule has 1 rings (SSSR count). The second-order valence-corrected chi connectivity index (χ2v) is 7.61. The molecule has 0 aliphatic carbocycles. The fourth-order valence-corrected chi connectivity index (χ4v) is 2.55. The number of benzene rings is 1. The Hall–Kier alpha value is -1.51. The molecule has 3 heteroatoms. The highest BCUT2D eigenvalue weighted by Crippen LogP contribution is 2.42. The molecule has 22 heavy (non-hydrogen) atoms. The highest BCUT2D eigenvalue weighted by Gasteiger charge is 2.29. The molecule has 1 aromatic rings. The molecule has 0 spiro atoms. The number of hydrogen-bond donors (Lipinski definition) is 1. The van der Waals surface area contributed by atoms with Crippen molar-refractivity contribution in [3.63, 3.8) is 0 Å². The monoisotopic (exact) mass is 306 g/mol. The summed E-state index contributed by atoms with van der Waals surface area (Å²) < 4.78 is 5.76. The summed E-state index contributed by atoms with van der Waals surface area (Å²) in [5.74, 6) is 0.183. The van der Waals surface area contributed by atoms with Crippen molar-refractivity contribution in [3.05, 3.63) is 28.8 Å². The van der Waals surface area contributed by atoms with Gasteiger partial charge in [-0.05, 0) is 29.2 Å². The maximum Gasteiger partial charge on any atom is 0.303 e. The zero-order valence-electron chi connectivity index (χ0n) is 15.0. The van der Waals surface area contributed by atoms with Gasteiger partial charge in [-0.1, -0.05) is 53.7 Å². The third-order valence-electron chi connectivity index (χ3n) is 4.40. The summed E-state index contributed by atoms with van der Waals surface area (Å²) in [5, 5.41) is 8.96. The highest BCUT2D eigenvalue weighted by atomic mass is 16.5. The van der Waals surface area contributed by atoms with Crippen LogP contribution in [0, 0.1) is 0 Å². The molecule has 0 unspecified atom stereocenters. The second kappa shape index (κ2) is 6.72. The molecule has 0 radical (unpaired) electrons. The SMILES string of the molecule is CCC(C)(C)c1cc(CCC(=O)O)cc(C(C)(C)C)c1OC. The van der Waals surface area contributed by atoms with Crippen molar-refractivity contribution in [2.45, 2.75) is 71.6 Å². The molecule has 1 aromatic carbocycles. The van der Waals surface area contributed by atoms with E-state index in [2.05, 4.69) is 53.7 Å². The maximum absolute atomic E-state index is 10.9. The molecule has 0 bridgehead atoms. The lowest BCUT2D eigenvalue weighted by Crippen LogP contribution is -2.21. The Labute approximate surface area is 134 Å². The van der Waals surface area contributed by atoms with Crippen molar-refractivity contribution in [2.24, 2.45) is 0 Å². The van der Waals surface area contributed by atoms with Gasteiger partial charge in [0, 0.05) is 17.5 Å². The van der Waals surface area contributed by atoms with Gasteiger partial charge < -0.3 is 9.84 Å². The molecule has 0 amide bonds. The van der Waals surface area contributed by atoms with Crippen molar-refractivity contribution < 1.29 is 14.6 Å². The smallest absolute Gasteiger partial charge is 0.303 e. The van der Waals surface area contributed by atoms with E-state index in [0.29, 0.717) is 6.42 Å². The number of ether oxygens (including phenoxy) is 1. The fourth-order valence-electron chi connectivity index (χ4n) is 2.55. The summed E-state index contributed by atoms with van der Waals surface area (Å²) in [4.78, 5) is 10.9. The standard InChI is InChI=1S/C19H30O3/c1-8-19(5,6)15-12-13(9-10-16(20)21)11-14(17(15)22-7)18(2,3)4/h11-12H,8-10H2,1-7H3,(H,20,21). The molecule has 0 aromatic heterocycles. The van der Waals surface area contributed by atoms with E-state index in [4.69, 9.17) is 9.84 Å². The van der Waals surface area contributed by atoms with Crippen LogP contribution in [0.3, 0.4) is 0 Å². The molecule has 0 saturated carbocycles. The first-order chi connectivity index (χ1) is 10.0. The van der Waals surface area contributed by atoms with Gasteiger partial charge in [0.15, 0.2) is 0 Å². The van der Waals surface area contributed by atoms with E-state index in [1.807, 2.05) is 0 Å². The van der Waals surface area contributed by atoms with Gasteiger partial charge in [-0.15, -0.1) is 0 Å². The summed E-state index contributed by atoms with van der Waals surface area (Å²) in [6, 6.07) is 4.23. The normalized spacial score (nSPS) is 12.3. The van der Waals surface area contributed by atoms with Crippen LogP contribution in [0.4, 0.5) is 0 Å². The van der Waals surface area contributed by atoms with Gasteiger partial charge in [0.25, 0.3) is 0 Å². The largest absolute Gasteiger partial charge is 0.496 e. The van der Waals surface area contributed by atoms with Crippen LogP contribution >= 0.6 is 0 Å². The Morgan fingerprint density at radius 2 is 1.68 bits per heavy atom. The molecule has 0 saturated heterocycles.